The van der Waals surface area contributed by atoms with E-state index in [9.17, 15) is 27.6 Å². The summed E-state index contributed by atoms with van der Waals surface area (Å²) < 4.78 is 38.7. The number of anilines is 1. The molecule has 2 aromatic rings. The van der Waals surface area contributed by atoms with E-state index in [4.69, 9.17) is 0 Å². The smallest absolute Gasteiger partial charge is 0.354 e. The van der Waals surface area contributed by atoms with Gasteiger partial charge in [0.2, 0.25) is 11.8 Å². The Labute approximate surface area is 171 Å². The van der Waals surface area contributed by atoms with Gasteiger partial charge in [0, 0.05) is 37.3 Å². The Kier molecular flexibility index (Phi) is 6.39. The predicted octanol–water partition coefficient (Wildman–Crippen LogP) is 2.60. The standard InChI is InChI=1S/C21H20F3N3O3/c22-21(23,24)16-7-4-8-17(12-16)27-13-15(11-18(27)28)20(30)26-10-9-25-19(29)14-5-2-1-3-6-14/h1-8,12,15H,9-11,13H2,(H,25,29)(H,26,30). The van der Waals surface area contributed by atoms with Crippen molar-refractivity contribution in [1.82, 2.24) is 10.6 Å². The van der Waals surface area contributed by atoms with Crippen LogP contribution in [0.25, 0.3) is 0 Å². The number of rotatable bonds is 6. The SMILES string of the molecule is O=C(NCCNC(=O)C1CC(=O)N(c2cccc(C(F)(F)F)c2)C1)c1ccccc1. The number of nitrogens with zero attached hydrogens (tertiary/aromatic N) is 1. The fourth-order valence-corrected chi connectivity index (χ4v) is 3.18. The third kappa shape index (κ3) is 5.16. The van der Waals surface area contributed by atoms with Crippen LogP contribution in [0.3, 0.4) is 0 Å². The molecule has 0 aliphatic carbocycles. The molecule has 2 N–H and O–H groups in total. The van der Waals surface area contributed by atoms with E-state index in [2.05, 4.69) is 10.6 Å². The van der Waals surface area contributed by atoms with Crippen LogP contribution < -0.4 is 15.5 Å². The molecule has 2 aromatic carbocycles. The number of carbonyl (C=O) groups excluding carboxylic acids is 3. The largest absolute Gasteiger partial charge is 0.416 e. The quantitative estimate of drug-likeness (QED) is 0.707. The van der Waals surface area contributed by atoms with Crippen molar-refractivity contribution in [2.75, 3.05) is 24.5 Å². The molecule has 30 heavy (non-hydrogen) atoms. The summed E-state index contributed by atoms with van der Waals surface area (Å²) in [6, 6.07) is 13.1. The third-order valence-corrected chi connectivity index (χ3v) is 4.73. The first-order valence-electron chi connectivity index (χ1n) is 9.34. The minimum absolute atomic E-state index is 0.00233. The van der Waals surface area contributed by atoms with E-state index in [1.54, 1.807) is 30.3 Å². The number of carbonyl (C=O) groups is 3. The molecule has 1 heterocycles. The minimum Gasteiger partial charge on any atom is -0.354 e. The van der Waals surface area contributed by atoms with Crippen LogP contribution in [0.4, 0.5) is 18.9 Å². The van der Waals surface area contributed by atoms with Gasteiger partial charge in [0.1, 0.15) is 0 Å². The lowest BCUT2D eigenvalue weighted by molar-refractivity contribution is -0.137. The van der Waals surface area contributed by atoms with Crippen LogP contribution in [0.1, 0.15) is 22.3 Å². The summed E-state index contributed by atoms with van der Waals surface area (Å²) in [6.07, 6.45) is -4.60. The maximum Gasteiger partial charge on any atom is 0.416 e. The second kappa shape index (κ2) is 8.98. The highest BCUT2D eigenvalue weighted by Crippen LogP contribution is 2.33. The summed E-state index contributed by atoms with van der Waals surface area (Å²) in [6.45, 7) is 0.380. The van der Waals surface area contributed by atoms with Crippen LogP contribution in [-0.2, 0) is 15.8 Å². The van der Waals surface area contributed by atoms with Gasteiger partial charge in [0.25, 0.3) is 5.91 Å². The maximum absolute atomic E-state index is 12.9. The van der Waals surface area contributed by atoms with Crippen molar-refractivity contribution in [3.8, 4) is 0 Å². The molecule has 1 saturated heterocycles. The lowest BCUT2D eigenvalue weighted by Gasteiger charge is -2.18. The van der Waals surface area contributed by atoms with Crippen LogP contribution in [0.5, 0.6) is 0 Å². The number of hydrogen-bond acceptors (Lipinski definition) is 3. The Bertz CT molecular complexity index is 932. The molecule has 1 unspecified atom stereocenters. The Hall–Kier alpha value is -3.36. The normalized spacial score (nSPS) is 16.4. The Morgan fingerprint density at radius 1 is 1.00 bits per heavy atom. The topological polar surface area (TPSA) is 78.5 Å². The van der Waals surface area contributed by atoms with Crippen molar-refractivity contribution in [1.29, 1.82) is 0 Å². The number of halogens is 3. The second-order valence-electron chi connectivity index (χ2n) is 6.87. The van der Waals surface area contributed by atoms with Gasteiger partial charge in [-0.25, -0.2) is 0 Å². The molecule has 0 saturated carbocycles. The van der Waals surface area contributed by atoms with E-state index < -0.39 is 23.6 Å². The summed E-state index contributed by atoms with van der Waals surface area (Å²) in [7, 11) is 0. The highest BCUT2D eigenvalue weighted by Gasteiger charge is 2.36. The average Bonchev–Trinajstić information content (AvgIpc) is 3.13. The zero-order valence-electron chi connectivity index (χ0n) is 15.9. The zero-order chi connectivity index (χ0) is 21.7. The molecule has 1 aliphatic heterocycles. The molecule has 1 aliphatic rings. The number of amides is 3. The summed E-state index contributed by atoms with van der Waals surface area (Å²) in [4.78, 5) is 37.7. The highest BCUT2D eigenvalue weighted by molar-refractivity contribution is 6.00. The van der Waals surface area contributed by atoms with Gasteiger partial charge in [-0.2, -0.15) is 13.2 Å². The van der Waals surface area contributed by atoms with Gasteiger partial charge in [0.15, 0.2) is 0 Å². The Morgan fingerprint density at radius 3 is 2.40 bits per heavy atom. The van der Waals surface area contributed by atoms with E-state index in [1.807, 2.05) is 0 Å². The van der Waals surface area contributed by atoms with E-state index in [0.29, 0.717) is 5.56 Å². The van der Waals surface area contributed by atoms with Gasteiger partial charge in [-0.05, 0) is 30.3 Å². The number of alkyl halides is 3. The van der Waals surface area contributed by atoms with Crippen molar-refractivity contribution < 1.29 is 27.6 Å². The van der Waals surface area contributed by atoms with Crippen molar-refractivity contribution >= 4 is 23.4 Å². The summed E-state index contributed by atoms with van der Waals surface area (Å²) in [5, 5.41) is 5.32. The molecule has 3 rings (SSSR count). The van der Waals surface area contributed by atoms with E-state index in [-0.39, 0.29) is 43.6 Å². The average molecular weight is 419 g/mol. The van der Waals surface area contributed by atoms with Crippen LogP contribution in [0.2, 0.25) is 0 Å². The fraction of sp³-hybridized carbons (Fsp3) is 0.286. The Morgan fingerprint density at radius 2 is 1.70 bits per heavy atom. The van der Waals surface area contributed by atoms with Crippen molar-refractivity contribution in [2.24, 2.45) is 5.92 Å². The molecule has 0 aromatic heterocycles. The molecule has 0 bridgehead atoms. The minimum atomic E-state index is -4.51. The predicted molar refractivity (Wildman–Crippen MR) is 104 cm³/mol. The molecule has 0 spiro atoms. The van der Waals surface area contributed by atoms with Crippen LogP contribution in [-0.4, -0.2) is 37.4 Å². The maximum atomic E-state index is 12.9. The van der Waals surface area contributed by atoms with Gasteiger partial charge < -0.3 is 15.5 Å². The zero-order valence-corrected chi connectivity index (χ0v) is 15.9. The number of hydrogen-bond donors (Lipinski definition) is 2. The first-order valence-corrected chi connectivity index (χ1v) is 9.34. The van der Waals surface area contributed by atoms with E-state index >= 15 is 0 Å². The van der Waals surface area contributed by atoms with Crippen molar-refractivity contribution in [2.45, 2.75) is 12.6 Å². The van der Waals surface area contributed by atoms with Crippen LogP contribution in [0, 0.1) is 5.92 Å². The summed E-state index contributed by atoms with van der Waals surface area (Å²) in [5.74, 6) is -1.73. The fourth-order valence-electron chi connectivity index (χ4n) is 3.18. The van der Waals surface area contributed by atoms with Crippen LogP contribution in [0.15, 0.2) is 54.6 Å². The lowest BCUT2D eigenvalue weighted by Crippen LogP contribution is -2.38. The number of benzene rings is 2. The molecule has 1 atom stereocenters. The molecule has 158 valence electrons. The van der Waals surface area contributed by atoms with Gasteiger partial charge >= 0.3 is 6.18 Å². The van der Waals surface area contributed by atoms with Gasteiger partial charge in [0.05, 0.1) is 11.5 Å². The van der Waals surface area contributed by atoms with Crippen molar-refractivity contribution in [3.05, 3.63) is 65.7 Å². The summed E-state index contributed by atoms with van der Waals surface area (Å²) >= 11 is 0. The first-order chi connectivity index (χ1) is 14.3. The Balaban J connectivity index is 1.50. The highest BCUT2D eigenvalue weighted by atomic mass is 19.4. The molecule has 1 fully saturated rings. The number of nitrogens with one attached hydrogen (secondary N) is 2. The molecular formula is C21H20F3N3O3. The third-order valence-electron chi connectivity index (χ3n) is 4.73. The monoisotopic (exact) mass is 419 g/mol. The first kappa shape index (κ1) is 21.4. The van der Waals surface area contributed by atoms with Gasteiger partial charge in [-0.3, -0.25) is 14.4 Å². The molecule has 0 radical (unpaired) electrons. The van der Waals surface area contributed by atoms with Gasteiger partial charge in [-0.15, -0.1) is 0 Å². The summed E-state index contributed by atoms with van der Waals surface area (Å²) in [5.41, 5.74) is -0.239. The molecular weight excluding hydrogens is 399 g/mol. The van der Waals surface area contributed by atoms with E-state index in [1.165, 1.54) is 17.0 Å². The van der Waals surface area contributed by atoms with Crippen molar-refractivity contribution in [3.63, 3.8) is 0 Å². The van der Waals surface area contributed by atoms with E-state index in [0.717, 1.165) is 12.1 Å². The molecule has 6 nitrogen and oxygen atoms in total. The lowest BCUT2D eigenvalue weighted by atomic mass is 10.1. The molecule has 9 heteroatoms. The molecule has 3 amide bonds. The second-order valence-corrected chi connectivity index (χ2v) is 6.87. The van der Waals surface area contributed by atoms with Gasteiger partial charge in [-0.1, -0.05) is 24.3 Å². The van der Waals surface area contributed by atoms with Crippen LogP contribution >= 0.6 is 0 Å².